The predicted octanol–water partition coefficient (Wildman–Crippen LogP) is 0.174. The van der Waals surface area contributed by atoms with Crippen molar-refractivity contribution in [2.45, 2.75) is 0 Å². The summed E-state index contributed by atoms with van der Waals surface area (Å²) in [7, 11) is 1.53. The molecular weight excluding hydrogens is 142 g/mol. The molecule has 0 spiro atoms. The Bertz CT molecular complexity index is 217. The van der Waals surface area contributed by atoms with Crippen LogP contribution in [0.4, 0.5) is 0 Å². The molecule has 1 rings (SSSR count). The van der Waals surface area contributed by atoms with Crippen LogP contribution >= 0.6 is 0 Å². The van der Waals surface area contributed by atoms with Crippen LogP contribution in [0, 0.1) is 0 Å². The van der Waals surface area contributed by atoms with Gasteiger partial charge in [-0.05, 0) is 12.1 Å². The van der Waals surface area contributed by atoms with E-state index in [9.17, 15) is 0 Å². The van der Waals surface area contributed by atoms with E-state index in [4.69, 9.17) is 16.5 Å². The molecule has 11 heavy (non-hydrogen) atoms. The van der Waals surface area contributed by atoms with Crippen molar-refractivity contribution in [3.8, 4) is 5.75 Å². The molecule has 0 amide bonds. The Hall–Kier alpha value is -1.10. The molecule has 0 bridgehead atoms. The number of hydroxylamine groups is 1. The average molecular weight is 154 g/mol. The van der Waals surface area contributed by atoms with E-state index in [2.05, 4.69) is 0 Å². The Morgan fingerprint density at radius 2 is 1.73 bits per heavy atom. The van der Waals surface area contributed by atoms with Gasteiger partial charge in [0.15, 0.2) is 5.75 Å². The highest BCUT2D eigenvalue weighted by Crippen LogP contribution is 2.09. The first kappa shape index (κ1) is 8.00. The summed E-state index contributed by atoms with van der Waals surface area (Å²) in [6, 6.07) is 9.17. The van der Waals surface area contributed by atoms with Crippen molar-refractivity contribution in [3.63, 3.8) is 0 Å². The summed E-state index contributed by atoms with van der Waals surface area (Å²) in [6.45, 7) is 0. The fourth-order valence-electron chi connectivity index (χ4n) is 0.708. The number of hydrogen-bond donors (Lipinski definition) is 2. The number of rotatable bonds is 2. The van der Waals surface area contributed by atoms with Gasteiger partial charge in [0.1, 0.15) is 7.05 Å². The zero-order valence-corrected chi connectivity index (χ0v) is 6.40. The molecule has 1 aromatic carbocycles. The molecule has 4 nitrogen and oxygen atoms in total. The Morgan fingerprint density at radius 1 is 1.18 bits per heavy atom. The minimum absolute atomic E-state index is 0.510. The van der Waals surface area contributed by atoms with Crippen molar-refractivity contribution in [1.82, 2.24) is 0 Å². The first-order valence-corrected chi connectivity index (χ1v) is 3.26. The third-order valence-electron chi connectivity index (χ3n) is 1.05. The second kappa shape index (κ2) is 2.87. The molecule has 0 atom stereocenters. The first-order valence-electron chi connectivity index (χ1n) is 3.26. The van der Waals surface area contributed by atoms with Crippen LogP contribution < -0.4 is 16.5 Å². The SMILES string of the molecule is C[N+](N)(N)Oc1ccccc1. The van der Waals surface area contributed by atoms with Crippen LogP contribution in [-0.4, -0.2) is 11.9 Å². The smallest absolute Gasteiger partial charge is 0.195 e. The molecule has 0 unspecified atom stereocenters. The van der Waals surface area contributed by atoms with E-state index in [1.165, 1.54) is 7.05 Å². The Kier molecular flexibility index (Phi) is 2.09. The second-order valence-electron chi connectivity index (χ2n) is 2.46. The van der Waals surface area contributed by atoms with Crippen LogP contribution in [0.25, 0.3) is 0 Å². The van der Waals surface area contributed by atoms with Gasteiger partial charge >= 0.3 is 0 Å². The van der Waals surface area contributed by atoms with Gasteiger partial charge in [-0.15, -0.1) is 11.7 Å². The summed E-state index contributed by atoms with van der Waals surface area (Å²) < 4.78 is 0. The molecule has 0 aliphatic rings. The highest BCUT2D eigenvalue weighted by molar-refractivity contribution is 5.19. The molecule has 0 radical (unpaired) electrons. The van der Waals surface area contributed by atoms with Crippen LogP contribution in [0.5, 0.6) is 5.75 Å². The molecule has 4 heteroatoms. The number of nitrogens with two attached hydrogens (primary N) is 2. The van der Waals surface area contributed by atoms with E-state index < -0.39 is 4.86 Å². The lowest BCUT2D eigenvalue weighted by Gasteiger charge is -2.18. The van der Waals surface area contributed by atoms with Gasteiger partial charge in [0.05, 0.1) is 0 Å². The van der Waals surface area contributed by atoms with Gasteiger partial charge in [-0.1, -0.05) is 18.2 Å². The maximum atomic E-state index is 5.36. The zero-order chi connectivity index (χ0) is 8.32. The monoisotopic (exact) mass is 154 g/mol. The highest BCUT2D eigenvalue weighted by atomic mass is 16.8. The van der Waals surface area contributed by atoms with Crippen LogP contribution in [0.2, 0.25) is 0 Å². The largest absolute Gasteiger partial charge is 0.274 e. The maximum Gasteiger partial charge on any atom is 0.195 e. The highest BCUT2D eigenvalue weighted by Gasteiger charge is 2.10. The molecule has 60 valence electrons. The predicted molar refractivity (Wildman–Crippen MR) is 41.6 cm³/mol. The van der Waals surface area contributed by atoms with E-state index in [1.54, 1.807) is 12.1 Å². The lowest BCUT2D eigenvalue weighted by molar-refractivity contribution is -1.08. The minimum atomic E-state index is -0.510. The van der Waals surface area contributed by atoms with E-state index in [0.29, 0.717) is 5.75 Å². The summed E-state index contributed by atoms with van der Waals surface area (Å²) in [5, 5.41) is 0. The van der Waals surface area contributed by atoms with Gasteiger partial charge in [0.2, 0.25) is 0 Å². The third-order valence-corrected chi connectivity index (χ3v) is 1.05. The van der Waals surface area contributed by atoms with Crippen molar-refractivity contribution in [3.05, 3.63) is 30.3 Å². The summed E-state index contributed by atoms with van der Waals surface area (Å²) in [5.41, 5.74) is 0. The van der Waals surface area contributed by atoms with Crippen LogP contribution in [0.15, 0.2) is 30.3 Å². The Morgan fingerprint density at radius 3 is 2.18 bits per heavy atom. The van der Waals surface area contributed by atoms with E-state index in [0.717, 1.165) is 0 Å². The molecule has 0 aliphatic carbocycles. The number of nitrogens with zero attached hydrogens (tertiary/aromatic N) is 1. The minimum Gasteiger partial charge on any atom is -0.274 e. The molecule has 4 N–H and O–H groups in total. The quantitative estimate of drug-likeness (QED) is 0.363. The molecular formula is C7H12N3O+. The molecule has 0 aliphatic heterocycles. The van der Waals surface area contributed by atoms with Gasteiger partial charge in [-0.25, -0.2) is 0 Å². The van der Waals surface area contributed by atoms with Gasteiger partial charge < -0.3 is 0 Å². The number of hydrogen-bond acceptors (Lipinski definition) is 3. The normalized spacial score (nSPS) is 11.2. The lowest BCUT2D eigenvalue weighted by Crippen LogP contribution is -2.59. The van der Waals surface area contributed by atoms with Crippen molar-refractivity contribution in [1.29, 1.82) is 0 Å². The standard InChI is InChI=1S/C7H12N3O/c1-10(8,9)11-7-5-3-2-4-6-7/h2-6H,8-9H2,1H3/q+1. The van der Waals surface area contributed by atoms with Crippen LogP contribution in [-0.2, 0) is 0 Å². The fourth-order valence-corrected chi connectivity index (χ4v) is 0.708. The fraction of sp³-hybridized carbons (Fsp3) is 0.143. The van der Waals surface area contributed by atoms with Crippen molar-refractivity contribution in [2.24, 2.45) is 11.7 Å². The third kappa shape index (κ3) is 2.99. The maximum absolute atomic E-state index is 5.36. The molecule has 1 aromatic rings. The molecule has 0 aromatic heterocycles. The number of benzene rings is 1. The van der Waals surface area contributed by atoms with E-state index in [-0.39, 0.29) is 0 Å². The van der Waals surface area contributed by atoms with Gasteiger partial charge in [0, 0.05) is 4.86 Å². The Balaban J connectivity index is 2.66. The van der Waals surface area contributed by atoms with E-state index in [1.807, 2.05) is 18.2 Å². The van der Waals surface area contributed by atoms with Gasteiger partial charge in [-0.3, -0.25) is 4.84 Å². The Labute approximate surface area is 65.5 Å². The number of quaternary nitrogens is 1. The molecule has 0 saturated heterocycles. The van der Waals surface area contributed by atoms with Crippen LogP contribution in [0.1, 0.15) is 0 Å². The number of para-hydroxylation sites is 1. The average Bonchev–Trinajstić information content (AvgIpc) is 1.85. The van der Waals surface area contributed by atoms with Crippen LogP contribution in [0.3, 0.4) is 0 Å². The zero-order valence-electron chi connectivity index (χ0n) is 6.40. The van der Waals surface area contributed by atoms with Crippen molar-refractivity contribution in [2.75, 3.05) is 7.05 Å². The summed E-state index contributed by atoms with van der Waals surface area (Å²) in [6.07, 6.45) is 0. The first-order chi connectivity index (χ1) is 5.08. The molecule has 0 fully saturated rings. The second-order valence-corrected chi connectivity index (χ2v) is 2.46. The van der Waals surface area contributed by atoms with E-state index >= 15 is 0 Å². The summed E-state index contributed by atoms with van der Waals surface area (Å²) in [5.74, 6) is 11.4. The van der Waals surface area contributed by atoms with Gasteiger partial charge in [-0.2, -0.15) is 0 Å². The van der Waals surface area contributed by atoms with Gasteiger partial charge in [0.25, 0.3) is 0 Å². The molecule has 0 saturated carbocycles. The topological polar surface area (TPSA) is 61.3 Å². The van der Waals surface area contributed by atoms with Crippen molar-refractivity contribution >= 4 is 0 Å². The lowest BCUT2D eigenvalue weighted by atomic mass is 10.3. The summed E-state index contributed by atoms with van der Waals surface area (Å²) >= 11 is 0. The van der Waals surface area contributed by atoms with Crippen molar-refractivity contribution < 1.29 is 9.70 Å². The molecule has 0 heterocycles. The summed E-state index contributed by atoms with van der Waals surface area (Å²) in [4.78, 5) is 4.58.